The van der Waals surface area contributed by atoms with Crippen molar-refractivity contribution in [3.05, 3.63) is 12.0 Å². The molecule has 0 atom stereocenters. The lowest BCUT2D eigenvalue weighted by Gasteiger charge is -1.84. The largest absolute Gasteiger partial charge is 0.462 e. The van der Waals surface area contributed by atoms with Crippen LogP contribution < -0.4 is 0 Å². The molecule has 2 heteroatoms. The second-order valence-electron chi connectivity index (χ2n) is 1.16. The monoisotopic (exact) mass is 85.0 g/mol. The molecule has 0 saturated carbocycles. The predicted octanol–water partition coefficient (Wildman–Crippen LogP) is 0.679. The smallest absolute Gasteiger partial charge is 0.326 e. The van der Waals surface area contributed by atoms with Crippen molar-refractivity contribution >= 4 is 0 Å². The zero-order valence-corrected chi connectivity index (χ0v) is 3.31. The minimum Gasteiger partial charge on any atom is -0.462 e. The third kappa shape index (κ3) is 0.455. The Kier molecular flexibility index (Phi) is 0.708. The molecule has 0 fully saturated rings. The zero-order chi connectivity index (χ0) is 4.41. The standard InChI is InChI=1S/C4H5O2/c5-4-2-1-3-6-4/h2H,1,3H2. The van der Waals surface area contributed by atoms with Crippen molar-refractivity contribution < 1.29 is 9.84 Å². The lowest BCUT2D eigenvalue weighted by atomic mass is 10.5. The van der Waals surface area contributed by atoms with E-state index in [9.17, 15) is 5.11 Å². The minimum atomic E-state index is -0.171. The van der Waals surface area contributed by atoms with Crippen molar-refractivity contribution in [3.8, 4) is 0 Å². The molecule has 0 aliphatic carbocycles. The molecule has 6 heavy (non-hydrogen) atoms. The van der Waals surface area contributed by atoms with Gasteiger partial charge in [-0.25, -0.2) is 5.11 Å². The number of rotatable bonds is 0. The Morgan fingerprint density at radius 2 is 2.67 bits per heavy atom. The Balaban J connectivity index is 2.45. The molecule has 1 aliphatic rings. The van der Waals surface area contributed by atoms with Crippen LogP contribution in [0.25, 0.3) is 0 Å². The number of ether oxygens (including phenoxy) is 1. The van der Waals surface area contributed by atoms with Crippen LogP contribution in [-0.2, 0) is 9.84 Å². The van der Waals surface area contributed by atoms with Gasteiger partial charge in [0.15, 0.2) is 0 Å². The Labute approximate surface area is 36.0 Å². The van der Waals surface area contributed by atoms with Crippen molar-refractivity contribution in [2.24, 2.45) is 0 Å². The summed E-state index contributed by atoms with van der Waals surface area (Å²) >= 11 is 0. The Morgan fingerprint density at radius 3 is 2.83 bits per heavy atom. The van der Waals surface area contributed by atoms with Crippen LogP contribution in [-0.4, -0.2) is 6.61 Å². The van der Waals surface area contributed by atoms with E-state index in [-0.39, 0.29) is 5.95 Å². The van der Waals surface area contributed by atoms with Crippen LogP contribution in [0, 0.1) is 0 Å². The molecule has 1 aliphatic heterocycles. The molecule has 2 nitrogen and oxygen atoms in total. The van der Waals surface area contributed by atoms with Gasteiger partial charge < -0.3 is 4.74 Å². The van der Waals surface area contributed by atoms with Crippen molar-refractivity contribution in [1.82, 2.24) is 0 Å². The van der Waals surface area contributed by atoms with E-state index in [1.54, 1.807) is 6.08 Å². The molecule has 0 aromatic heterocycles. The average Bonchev–Trinajstić information content (AvgIpc) is 1.86. The van der Waals surface area contributed by atoms with Gasteiger partial charge in [0.2, 0.25) is 0 Å². The maximum absolute atomic E-state index is 9.97. The molecule has 1 rings (SSSR count). The second kappa shape index (κ2) is 1.20. The zero-order valence-electron chi connectivity index (χ0n) is 3.31. The summed E-state index contributed by atoms with van der Waals surface area (Å²) < 4.78 is 4.46. The number of hydrogen-bond donors (Lipinski definition) is 0. The van der Waals surface area contributed by atoms with Crippen LogP contribution in [0.2, 0.25) is 0 Å². The molecular weight excluding hydrogens is 80.0 g/mol. The maximum atomic E-state index is 9.97. The van der Waals surface area contributed by atoms with Crippen LogP contribution >= 0.6 is 0 Å². The second-order valence-corrected chi connectivity index (χ2v) is 1.16. The first-order valence-corrected chi connectivity index (χ1v) is 1.89. The van der Waals surface area contributed by atoms with E-state index in [1.165, 1.54) is 0 Å². The molecule has 33 valence electrons. The van der Waals surface area contributed by atoms with E-state index in [4.69, 9.17) is 0 Å². The van der Waals surface area contributed by atoms with Gasteiger partial charge in [0, 0.05) is 12.5 Å². The van der Waals surface area contributed by atoms with E-state index in [0.717, 1.165) is 6.42 Å². The summed E-state index contributed by atoms with van der Waals surface area (Å²) in [6.07, 6.45) is 2.33. The normalized spacial score (nSPS) is 19.7. The highest BCUT2D eigenvalue weighted by atomic mass is 16.6. The highest BCUT2D eigenvalue weighted by Crippen LogP contribution is 2.03. The van der Waals surface area contributed by atoms with E-state index >= 15 is 0 Å². The van der Waals surface area contributed by atoms with E-state index in [2.05, 4.69) is 4.74 Å². The van der Waals surface area contributed by atoms with Gasteiger partial charge >= 0.3 is 5.95 Å². The van der Waals surface area contributed by atoms with Crippen LogP contribution in [0.5, 0.6) is 0 Å². The van der Waals surface area contributed by atoms with Crippen molar-refractivity contribution in [2.45, 2.75) is 6.42 Å². The molecule has 1 heterocycles. The summed E-state index contributed by atoms with van der Waals surface area (Å²) in [4.78, 5) is 0. The van der Waals surface area contributed by atoms with Gasteiger partial charge in [-0.15, -0.1) is 0 Å². The third-order valence-corrected chi connectivity index (χ3v) is 0.673. The predicted molar refractivity (Wildman–Crippen MR) is 19.3 cm³/mol. The third-order valence-electron chi connectivity index (χ3n) is 0.673. The quantitative estimate of drug-likeness (QED) is 0.425. The van der Waals surface area contributed by atoms with Crippen molar-refractivity contribution in [2.75, 3.05) is 6.61 Å². The molecule has 0 unspecified atom stereocenters. The van der Waals surface area contributed by atoms with Gasteiger partial charge in [-0.1, -0.05) is 0 Å². The Bertz CT molecular complexity index is 75.6. The fourth-order valence-electron chi connectivity index (χ4n) is 0.395. The van der Waals surface area contributed by atoms with Gasteiger partial charge in [0.05, 0.1) is 6.61 Å². The van der Waals surface area contributed by atoms with E-state index in [0.29, 0.717) is 6.61 Å². The molecule has 0 N–H and O–H groups in total. The first-order chi connectivity index (χ1) is 2.89. The van der Waals surface area contributed by atoms with E-state index < -0.39 is 0 Å². The molecule has 0 amide bonds. The van der Waals surface area contributed by atoms with Crippen LogP contribution in [0.4, 0.5) is 0 Å². The first kappa shape index (κ1) is 3.53. The summed E-state index contributed by atoms with van der Waals surface area (Å²) in [5, 5.41) is 9.97. The van der Waals surface area contributed by atoms with Crippen LogP contribution in [0.3, 0.4) is 0 Å². The summed E-state index contributed by atoms with van der Waals surface area (Å²) in [5.74, 6) is -0.171. The molecule has 0 spiro atoms. The van der Waals surface area contributed by atoms with Crippen molar-refractivity contribution in [3.63, 3.8) is 0 Å². The topological polar surface area (TPSA) is 29.1 Å². The fraction of sp³-hybridized carbons (Fsp3) is 0.500. The molecule has 0 aromatic carbocycles. The van der Waals surface area contributed by atoms with Gasteiger partial charge in [-0.3, -0.25) is 0 Å². The van der Waals surface area contributed by atoms with Crippen LogP contribution in [0.15, 0.2) is 12.0 Å². The minimum absolute atomic E-state index is 0.171. The molecule has 1 radical (unpaired) electrons. The van der Waals surface area contributed by atoms with Gasteiger partial charge in [-0.05, 0) is 0 Å². The number of hydrogen-bond acceptors (Lipinski definition) is 1. The highest BCUT2D eigenvalue weighted by Gasteiger charge is 2.01. The molecule has 0 aromatic rings. The summed E-state index contributed by atoms with van der Waals surface area (Å²) in [6.45, 7) is 0.582. The van der Waals surface area contributed by atoms with Gasteiger partial charge in [0.25, 0.3) is 0 Å². The Morgan fingerprint density at radius 1 is 1.83 bits per heavy atom. The molecule has 0 bridgehead atoms. The fourth-order valence-corrected chi connectivity index (χ4v) is 0.395. The van der Waals surface area contributed by atoms with Crippen molar-refractivity contribution in [1.29, 1.82) is 0 Å². The van der Waals surface area contributed by atoms with Gasteiger partial charge in [0.1, 0.15) is 0 Å². The Hall–Kier alpha value is -0.660. The lowest BCUT2D eigenvalue weighted by Crippen LogP contribution is -1.77. The summed E-state index contributed by atoms with van der Waals surface area (Å²) in [6, 6.07) is 0. The van der Waals surface area contributed by atoms with Crippen LogP contribution in [0.1, 0.15) is 6.42 Å². The molecular formula is C4H5O2. The first-order valence-electron chi connectivity index (χ1n) is 1.89. The SMILES string of the molecule is [O]C1=CCCO1. The lowest BCUT2D eigenvalue weighted by molar-refractivity contribution is 0.0749. The average molecular weight is 85.1 g/mol. The summed E-state index contributed by atoms with van der Waals surface area (Å²) in [5.41, 5.74) is 0. The molecule has 0 saturated heterocycles. The maximum Gasteiger partial charge on any atom is 0.326 e. The summed E-state index contributed by atoms with van der Waals surface area (Å²) in [7, 11) is 0. The van der Waals surface area contributed by atoms with Gasteiger partial charge in [-0.2, -0.15) is 0 Å². The highest BCUT2D eigenvalue weighted by molar-refractivity contribution is 4.86. The van der Waals surface area contributed by atoms with E-state index in [1.807, 2.05) is 0 Å².